The number of carbonyl (C=O) groups excluding carboxylic acids is 1. The number of aromatic amines is 1. The Bertz CT molecular complexity index is 479. The quantitative estimate of drug-likeness (QED) is 0.750. The van der Waals surface area contributed by atoms with Gasteiger partial charge < -0.3 is 10.1 Å². The third kappa shape index (κ3) is 3.97. The number of aryl methyl sites for hydroxylation is 1. The van der Waals surface area contributed by atoms with Gasteiger partial charge in [-0.05, 0) is 46.1 Å². The Morgan fingerprint density at radius 3 is 3.00 bits per heavy atom. The molecular weight excluding hydrogens is 288 g/mol. The maximum atomic E-state index is 12.3. The van der Waals surface area contributed by atoms with Crippen LogP contribution in [0.5, 0.6) is 0 Å². The highest BCUT2D eigenvalue weighted by atomic mass is 32.2. The summed E-state index contributed by atoms with van der Waals surface area (Å²) in [6.45, 7) is 7.09. The van der Waals surface area contributed by atoms with E-state index in [2.05, 4.69) is 27.4 Å². The number of esters is 1. The Balaban J connectivity index is 2.01. The van der Waals surface area contributed by atoms with E-state index in [4.69, 9.17) is 4.74 Å². The molecule has 0 bridgehead atoms. The second kappa shape index (κ2) is 7.26. The van der Waals surface area contributed by atoms with Crippen LogP contribution in [0.1, 0.15) is 45.4 Å². The average molecular weight is 312 g/mol. The van der Waals surface area contributed by atoms with Gasteiger partial charge >= 0.3 is 5.97 Å². The largest absolute Gasteiger partial charge is 0.465 e. The monoisotopic (exact) mass is 312 g/mol. The van der Waals surface area contributed by atoms with Gasteiger partial charge in [0.1, 0.15) is 11.4 Å². The number of thioether (sulfide) groups is 1. The minimum atomic E-state index is -0.533. The molecular formula is C14H24N4O2S. The van der Waals surface area contributed by atoms with Gasteiger partial charge in [-0.15, -0.1) is 5.10 Å². The Morgan fingerprint density at radius 2 is 2.38 bits per heavy atom. The highest BCUT2D eigenvalue weighted by Crippen LogP contribution is 2.40. The highest BCUT2D eigenvalue weighted by Gasteiger charge is 2.46. The van der Waals surface area contributed by atoms with Gasteiger partial charge in [0.2, 0.25) is 5.16 Å². The van der Waals surface area contributed by atoms with Crippen LogP contribution in [0.3, 0.4) is 0 Å². The first-order valence-electron chi connectivity index (χ1n) is 7.57. The number of hydrogen-bond donors (Lipinski definition) is 2. The van der Waals surface area contributed by atoms with Crippen molar-refractivity contribution in [3.05, 3.63) is 5.82 Å². The molecule has 118 valence electrons. The fraction of sp³-hybridized carbons (Fsp3) is 0.786. The summed E-state index contributed by atoms with van der Waals surface area (Å²) in [7, 11) is 0. The van der Waals surface area contributed by atoms with E-state index < -0.39 is 5.54 Å². The number of ether oxygens (including phenoxy) is 1. The van der Waals surface area contributed by atoms with Crippen molar-refractivity contribution in [2.75, 3.05) is 13.2 Å². The van der Waals surface area contributed by atoms with Crippen LogP contribution in [0.25, 0.3) is 0 Å². The van der Waals surface area contributed by atoms with Crippen molar-refractivity contribution >= 4 is 17.7 Å². The number of carbonyl (C=O) groups is 1. The van der Waals surface area contributed by atoms with Crippen LogP contribution in [0.2, 0.25) is 0 Å². The van der Waals surface area contributed by atoms with Crippen LogP contribution in [-0.4, -0.2) is 45.1 Å². The van der Waals surface area contributed by atoms with E-state index in [0.717, 1.165) is 43.2 Å². The number of H-pyrrole nitrogens is 1. The third-order valence-corrected chi connectivity index (χ3v) is 4.83. The summed E-state index contributed by atoms with van der Waals surface area (Å²) in [5.41, 5.74) is -0.533. The Hall–Kier alpha value is -1.08. The molecule has 0 saturated heterocycles. The zero-order valence-corrected chi connectivity index (χ0v) is 13.8. The molecule has 1 aromatic heterocycles. The normalized spacial score (nSPS) is 25.2. The molecule has 2 unspecified atom stereocenters. The van der Waals surface area contributed by atoms with E-state index in [-0.39, 0.29) is 5.97 Å². The number of nitrogens with zero attached hydrogens (tertiary/aromatic N) is 2. The number of nitrogens with one attached hydrogen (secondary N) is 2. The van der Waals surface area contributed by atoms with E-state index >= 15 is 0 Å². The number of rotatable bonds is 7. The standard InChI is InChI=1S/C14H24N4O2S/c1-4-8-15-14(12(19)20-5-2)7-6-11(9-14)21-13-16-10(3)17-18-13/h11,15H,4-9H2,1-3H3,(H,16,17,18). The molecule has 6 nitrogen and oxygen atoms in total. The summed E-state index contributed by atoms with van der Waals surface area (Å²) in [5.74, 6) is 0.698. The molecule has 1 aliphatic carbocycles. The smallest absolute Gasteiger partial charge is 0.326 e. The predicted molar refractivity (Wildman–Crippen MR) is 82.3 cm³/mol. The van der Waals surface area contributed by atoms with Crippen LogP contribution >= 0.6 is 11.8 Å². The van der Waals surface area contributed by atoms with Crippen LogP contribution < -0.4 is 5.32 Å². The Labute approximate surface area is 129 Å². The second-order valence-electron chi connectivity index (χ2n) is 5.42. The maximum Gasteiger partial charge on any atom is 0.326 e. The van der Waals surface area contributed by atoms with Gasteiger partial charge in [0.05, 0.1) is 6.61 Å². The van der Waals surface area contributed by atoms with Crippen molar-refractivity contribution in [2.45, 2.75) is 62.4 Å². The van der Waals surface area contributed by atoms with Crippen molar-refractivity contribution in [3.63, 3.8) is 0 Å². The van der Waals surface area contributed by atoms with Gasteiger partial charge in [0.15, 0.2) is 0 Å². The molecule has 7 heteroatoms. The lowest BCUT2D eigenvalue weighted by atomic mass is 9.97. The molecule has 0 aromatic carbocycles. The first-order chi connectivity index (χ1) is 10.1. The summed E-state index contributed by atoms with van der Waals surface area (Å²) in [4.78, 5) is 16.7. The van der Waals surface area contributed by atoms with Gasteiger partial charge in [0.25, 0.3) is 0 Å². The lowest BCUT2D eigenvalue weighted by Gasteiger charge is -2.28. The Kier molecular flexibility index (Phi) is 5.64. The number of hydrogen-bond acceptors (Lipinski definition) is 6. The molecule has 0 radical (unpaired) electrons. The minimum Gasteiger partial charge on any atom is -0.465 e. The summed E-state index contributed by atoms with van der Waals surface area (Å²) in [6.07, 6.45) is 3.55. The van der Waals surface area contributed by atoms with Crippen molar-refractivity contribution < 1.29 is 9.53 Å². The van der Waals surface area contributed by atoms with Crippen LogP contribution in [0.15, 0.2) is 5.16 Å². The second-order valence-corrected chi connectivity index (χ2v) is 6.68. The maximum absolute atomic E-state index is 12.3. The first kappa shape index (κ1) is 16.3. The molecule has 21 heavy (non-hydrogen) atoms. The predicted octanol–water partition coefficient (Wildman–Crippen LogP) is 2.06. The topological polar surface area (TPSA) is 79.9 Å². The van der Waals surface area contributed by atoms with Gasteiger partial charge in [0, 0.05) is 5.25 Å². The van der Waals surface area contributed by atoms with Gasteiger partial charge in [-0.2, -0.15) is 0 Å². The zero-order valence-electron chi connectivity index (χ0n) is 12.9. The fourth-order valence-electron chi connectivity index (χ4n) is 2.68. The number of aromatic nitrogens is 3. The molecule has 0 amide bonds. The molecule has 2 N–H and O–H groups in total. The fourth-order valence-corrected chi connectivity index (χ4v) is 3.87. The molecule has 1 saturated carbocycles. The Morgan fingerprint density at radius 1 is 1.57 bits per heavy atom. The molecule has 1 heterocycles. The molecule has 2 rings (SSSR count). The van der Waals surface area contributed by atoms with Gasteiger partial charge in [-0.25, -0.2) is 4.98 Å². The van der Waals surface area contributed by atoms with E-state index in [1.807, 2.05) is 13.8 Å². The van der Waals surface area contributed by atoms with Crippen molar-refractivity contribution in [1.82, 2.24) is 20.5 Å². The van der Waals surface area contributed by atoms with Gasteiger partial charge in [-0.3, -0.25) is 9.89 Å². The van der Waals surface area contributed by atoms with Crippen LogP contribution in [-0.2, 0) is 9.53 Å². The summed E-state index contributed by atoms with van der Waals surface area (Å²) in [6, 6.07) is 0. The SMILES string of the molecule is CCCNC1(C(=O)OCC)CCC(Sc2n[nH]c(C)n2)C1. The lowest BCUT2D eigenvalue weighted by Crippen LogP contribution is -2.51. The van der Waals surface area contributed by atoms with Crippen molar-refractivity contribution in [1.29, 1.82) is 0 Å². The average Bonchev–Trinajstić information content (AvgIpc) is 3.05. The first-order valence-corrected chi connectivity index (χ1v) is 8.45. The summed E-state index contributed by atoms with van der Waals surface area (Å²) >= 11 is 1.64. The molecule has 1 aliphatic rings. The third-order valence-electron chi connectivity index (χ3n) is 3.70. The van der Waals surface area contributed by atoms with Crippen LogP contribution in [0, 0.1) is 6.92 Å². The van der Waals surface area contributed by atoms with E-state index in [9.17, 15) is 4.79 Å². The van der Waals surface area contributed by atoms with E-state index in [0.29, 0.717) is 11.9 Å². The van der Waals surface area contributed by atoms with Gasteiger partial charge in [-0.1, -0.05) is 18.7 Å². The van der Waals surface area contributed by atoms with E-state index in [1.165, 1.54) is 0 Å². The minimum absolute atomic E-state index is 0.118. The van der Waals surface area contributed by atoms with Crippen LogP contribution in [0.4, 0.5) is 0 Å². The summed E-state index contributed by atoms with van der Waals surface area (Å²) in [5, 5.41) is 11.5. The van der Waals surface area contributed by atoms with E-state index in [1.54, 1.807) is 11.8 Å². The van der Waals surface area contributed by atoms with Crippen molar-refractivity contribution in [3.8, 4) is 0 Å². The molecule has 0 spiro atoms. The van der Waals surface area contributed by atoms with Crippen molar-refractivity contribution in [2.24, 2.45) is 0 Å². The molecule has 0 aliphatic heterocycles. The molecule has 1 aromatic rings. The molecule has 1 fully saturated rings. The lowest BCUT2D eigenvalue weighted by molar-refractivity contribution is -0.151. The highest BCUT2D eigenvalue weighted by molar-refractivity contribution is 7.99. The molecule has 2 atom stereocenters. The summed E-state index contributed by atoms with van der Waals surface area (Å²) < 4.78 is 5.28. The zero-order chi connectivity index (χ0) is 15.3.